The van der Waals surface area contributed by atoms with E-state index in [-0.39, 0.29) is 0 Å². The number of hydrogen-bond donors (Lipinski definition) is 5. The van der Waals surface area contributed by atoms with Crippen LogP contribution in [0, 0.1) is 5.41 Å². The summed E-state index contributed by atoms with van der Waals surface area (Å²) in [5.41, 5.74) is -5.50. The molecule has 1 rings (SSSR count). The molecule has 20 heavy (non-hydrogen) atoms. The lowest BCUT2D eigenvalue weighted by molar-refractivity contribution is -0.178. The van der Waals surface area contributed by atoms with Crippen molar-refractivity contribution in [3.8, 4) is 6.01 Å². The Balaban J connectivity index is 3.12. The van der Waals surface area contributed by atoms with Crippen LogP contribution in [0.3, 0.4) is 0 Å². The first-order valence-electron chi connectivity index (χ1n) is 4.74. The van der Waals surface area contributed by atoms with Crippen molar-refractivity contribution in [1.82, 2.24) is 15.0 Å². The van der Waals surface area contributed by atoms with E-state index in [0.29, 0.717) is 0 Å². The molecular formula is C8H7N3O9. The first-order chi connectivity index (χ1) is 9.20. The van der Waals surface area contributed by atoms with Crippen LogP contribution in [0.15, 0.2) is 9.59 Å². The molecule has 1 aromatic heterocycles. The second kappa shape index (κ2) is 5.21. The number of aromatic amines is 2. The minimum absolute atomic E-state index is 0.813. The van der Waals surface area contributed by atoms with Gasteiger partial charge in [-0.1, -0.05) is 0 Å². The quantitative estimate of drug-likeness (QED) is 0.337. The number of H-pyrrole nitrogens is 2. The lowest BCUT2D eigenvalue weighted by Crippen LogP contribution is -2.51. The molecule has 0 fully saturated rings. The zero-order chi connectivity index (χ0) is 15.5. The highest BCUT2D eigenvalue weighted by Crippen LogP contribution is 2.19. The molecule has 0 bridgehead atoms. The molecule has 5 N–H and O–H groups in total. The second-order valence-corrected chi connectivity index (χ2v) is 3.41. The maximum Gasteiger partial charge on any atom is 0.353 e. The molecule has 0 aliphatic heterocycles. The summed E-state index contributed by atoms with van der Waals surface area (Å²) in [5.74, 6) is -6.57. The van der Waals surface area contributed by atoms with Gasteiger partial charge in [0.25, 0.3) is 5.41 Å². The van der Waals surface area contributed by atoms with Gasteiger partial charge in [0.2, 0.25) is 0 Å². The SMILES string of the molecule is O=C(O)C(COc1nc(=O)[nH]c(=O)[nH]1)(C(=O)O)C(=O)O. The van der Waals surface area contributed by atoms with Gasteiger partial charge in [0, 0.05) is 0 Å². The lowest BCUT2D eigenvalue weighted by atomic mass is 9.89. The van der Waals surface area contributed by atoms with Gasteiger partial charge in [-0.25, -0.2) is 9.59 Å². The number of nitrogens with zero attached hydrogens (tertiary/aromatic N) is 1. The highest BCUT2D eigenvalue weighted by Gasteiger charge is 2.56. The fourth-order valence-corrected chi connectivity index (χ4v) is 1.08. The molecule has 0 amide bonds. The van der Waals surface area contributed by atoms with E-state index in [0.717, 1.165) is 0 Å². The Morgan fingerprint density at radius 3 is 1.95 bits per heavy atom. The molecule has 108 valence electrons. The minimum Gasteiger partial charge on any atom is -0.480 e. The summed E-state index contributed by atoms with van der Waals surface area (Å²) in [4.78, 5) is 60.8. The molecule has 12 nitrogen and oxygen atoms in total. The third-order valence-electron chi connectivity index (χ3n) is 2.16. The number of carboxylic acids is 3. The summed E-state index contributed by atoms with van der Waals surface area (Å²) in [5, 5.41) is 26.2. The molecule has 12 heteroatoms. The maximum atomic E-state index is 10.9. The molecule has 0 atom stereocenters. The average molecular weight is 289 g/mol. The Hall–Kier alpha value is -3.18. The van der Waals surface area contributed by atoms with Gasteiger partial charge in [0.15, 0.2) is 0 Å². The number of carboxylic acid groups (broad SMARTS) is 3. The first kappa shape index (κ1) is 14.9. The standard InChI is InChI=1S/C8H7N3O9/c12-2(13)8(3(14)15,4(16)17)1-20-7-10-5(18)9-6(19)11-7/h1H2,(H,12,13)(H,14,15)(H,16,17)(H2,9,10,11,18,19). The Morgan fingerprint density at radius 2 is 1.55 bits per heavy atom. The van der Waals surface area contributed by atoms with Crippen molar-refractivity contribution in [3.63, 3.8) is 0 Å². The van der Waals surface area contributed by atoms with Crippen LogP contribution >= 0.6 is 0 Å². The third-order valence-corrected chi connectivity index (χ3v) is 2.16. The van der Waals surface area contributed by atoms with E-state index in [2.05, 4.69) is 9.72 Å². The van der Waals surface area contributed by atoms with Crippen LogP contribution in [-0.4, -0.2) is 54.8 Å². The van der Waals surface area contributed by atoms with Crippen molar-refractivity contribution in [1.29, 1.82) is 0 Å². The normalized spacial score (nSPS) is 10.8. The predicted octanol–water partition coefficient (Wildman–Crippen LogP) is -2.92. The third kappa shape index (κ3) is 2.63. The number of nitrogens with one attached hydrogen (secondary N) is 2. The Bertz CT molecular complexity index is 608. The Labute approximate surface area is 107 Å². The summed E-state index contributed by atoms with van der Waals surface area (Å²) in [6.45, 7) is -1.39. The number of ether oxygens (including phenoxy) is 1. The highest BCUT2D eigenvalue weighted by molar-refractivity contribution is 6.16. The van der Waals surface area contributed by atoms with E-state index in [9.17, 15) is 24.0 Å². The topological polar surface area (TPSA) is 200 Å². The largest absolute Gasteiger partial charge is 0.480 e. The molecule has 0 aliphatic rings. The van der Waals surface area contributed by atoms with Crippen LogP contribution in [0.2, 0.25) is 0 Å². The van der Waals surface area contributed by atoms with E-state index in [4.69, 9.17) is 15.3 Å². The van der Waals surface area contributed by atoms with Gasteiger partial charge in [-0.05, 0) is 0 Å². The van der Waals surface area contributed by atoms with Crippen LogP contribution < -0.4 is 16.1 Å². The lowest BCUT2D eigenvalue weighted by Gasteiger charge is -2.19. The molecule has 0 saturated heterocycles. The van der Waals surface area contributed by atoms with Crippen molar-refractivity contribution < 1.29 is 34.4 Å². The highest BCUT2D eigenvalue weighted by atomic mass is 16.5. The smallest absolute Gasteiger partial charge is 0.353 e. The molecule has 1 heterocycles. The number of carbonyl (C=O) groups is 3. The zero-order valence-electron chi connectivity index (χ0n) is 9.45. The first-order valence-corrected chi connectivity index (χ1v) is 4.74. The maximum absolute atomic E-state index is 10.9. The summed E-state index contributed by atoms with van der Waals surface area (Å²) < 4.78 is 4.49. The molecule has 1 aromatic rings. The number of rotatable bonds is 6. The van der Waals surface area contributed by atoms with Gasteiger partial charge in [-0.2, -0.15) is 0 Å². The van der Waals surface area contributed by atoms with Gasteiger partial charge in [0.1, 0.15) is 6.61 Å². The Kier molecular flexibility index (Phi) is 3.88. The van der Waals surface area contributed by atoms with Crippen LogP contribution in [0.1, 0.15) is 0 Å². The molecule has 0 spiro atoms. The molecule has 0 saturated carbocycles. The van der Waals surface area contributed by atoms with E-state index < -0.39 is 47.3 Å². The summed E-state index contributed by atoms with van der Waals surface area (Å²) in [6, 6.07) is -0.813. The van der Waals surface area contributed by atoms with Crippen molar-refractivity contribution in [2.45, 2.75) is 0 Å². The van der Waals surface area contributed by atoms with Gasteiger partial charge in [-0.3, -0.25) is 24.4 Å². The van der Waals surface area contributed by atoms with Crippen molar-refractivity contribution in [2.24, 2.45) is 5.41 Å². The predicted molar refractivity (Wildman–Crippen MR) is 56.3 cm³/mol. The fraction of sp³-hybridized carbons (Fsp3) is 0.250. The van der Waals surface area contributed by atoms with E-state index in [1.165, 1.54) is 0 Å². The van der Waals surface area contributed by atoms with E-state index >= 15 is 0 Å². The molecule has 0 unspecified atom stereocenters. The number of aliphatic carboxylic acids is 3. The molecular weight excluding hydrogens is 282 g/mol. The van der Waals surface area contributed by atoms with Gasteiger partial charge < -0.3 is 20.1 Å². The summed E-state index contributed by atoms with van der Waals surface area (Å²) in [6.07, 6.45) is 0. The Morgan fingerprint density at radius 1 is 1.05 bits per heavy atom. The molecule has 0 aliphatic carbocycles. The van der Waals surface area contributed by atoms with E-state index in [1.807, 2.05) is 4.98 Å². The van der Waals surface area contributed by atoms with E-state index in [1.54, 1.807) is 4.98 Å². The van der Waals surface area contributed by atoms with Crippen LogP contribution in [0.4, 0.5) is 0 Å². The fourth-order valence-electron chi connectivity index (χ4n) is 1.08. The van der Waals surface area contributed by atoms with Crippen molar-refractivity contribution >= 4 is 17.9 Å². The average Bonchev–Trinajstić information content (AvgIpc) is 2.26. The van der Waals surface area contributed by atoms with Gasteiger partial charge in [0.05, 0.1) is 0 Å². The zero-order valence-corrected chi connectivity index (χ0v) is 9.45. The van der Waals surface area contributed by atoms with Gasteiger partial charge >= 0.3 is 35.3 Å². The minimum atomic E-state index is -3.30. The number of aromatic nitrogens is 3. The van der Waals surface area contributed by atoms with Crippen molar-refractivity contribution in [2.75, 3.05) is 6.61 Å². The number of hydrogen-bond acceptors (Lipinski definition) is 7. The van der Waals surface area contributed by atoms with Crippen LogP contribution in [0.5, 0.6) is 6.01 Å². The van der Waals surface area contributed by atoms with Crippen LogP contribution in [-0.2, 0) is 14.4 Å². The van der Waals surface area contributed by atoms with Crippen molar-refractivity contribution in [3.05, 3.63) is 21.0 Å². The van der Waals surface area contributed by atoms with Gasteiger partial charge in [-0.15, -0.1) is 4.98 Å². The molecule has 0 radical (unpaired) electrons. The van der Waals surface area contributed by atoms with Crippen LogP contribution in [0.25, 0.3) is 0 Å². The molecule has 0 aromatic carbocycles. The summed E-state index contributed by atoms with van der Waals surface area (Å²) >= 11 is 0. The summed E-state index contributed by atoms with van der Waals surface area (Å²) in [7, 11) is 0. The monoisotopic (exact) mass is 289 g/mol. The second-order valence-electron chi connectivity index (χ2n) is 3.41.